The summed E-state index contributed by atoms with van der Waals surface area (Å²) < 4.78 is 21.8. The van der Waals surface area contributed by atoms with Gasteiger partial charge in [0.15, 0.2) is 0 Å². The first-order valence-corrected chi connectivity index (χ1v) is 8.07. The van der Waals surface area contributed by atoms with Crippen molar-refractivity contribution in [2.75, 3.05) is 37.2 Å². The quantitative estimate of drug-likeness (QED) is 0.576. The van der Waals surface area contributed by atoms with E-state index in [9.17, 15) is 4.39 Å². The second-order valence-corrected chi connectivity index (χ2v) is 6.14. The van der Waals surface area contributed by atoms with Crippen molar-refractivity contribution in [3.05, 3.63) is 27.3 Å². The molecule has 1 saturated heterocycles. The van der Waals surface area contributed by atoms with E-state index in [0.29, 0.717) is 29.1 Å². The van der Waals surface area contributed by atoms with Crippen molar-refractivity contribution in [2.45, 2.75) is 6.42 Å². The van der Waals surface area contributed by atoms with Gasteiger partial charge in [0.25, 0.3) is 0 Å². The van der Waals surface area contributed by atoms with E-state index in [-0.39, 0.29) is 5.82 Å². The molecular weight excluding hydrogens is 396 g/mol. The number of morpholine rings is 1. The molecule has 0 unspecified atom stereocenters. The van der Waals surface area contributed by atoms with Gasteiger partial charge in [0.05, 0.1) is 40.9 Å². The van der Waals surface area contributed by atoms with Crippen LogP contribution in [0.1, 0.15) is 5.82 Å². The molecule has 3 rings (SSSR count). The van der Waals surface area contributed by atoms with Crippen LogP contribution in [0.3, 0.4) is 0 Å². The van der Waals surface area contributed by atoms with E-state index in [0.717, 1.165) is 29.9 Å². The van der Waals surface area contributed by atoms with Gasteiger partial charge in [-0.1, -0.05) is 0 Å². The van der Waals surface area contributed by atoms with Crippen LogP contribution in [0.15, 0.2) is 12.1 Å². The number of hydrogen-bond acceptors (Lipinski definition) is 3. The highest BCUT2D eigenvalue weighted by atomic mass is 127. The molecule has 0 radical (unpaired) electrons. The summed E-state index contributed by atoms with van der Waals surface area (Å²) in [5.41, 5.74) is 1.60. The average molecular weight is 410 g/mol. The summed E-state index contributed by atoms with van der Waals surface area (Å²) in [7, 11) is 0. The normalized spacial score (nSPS) is 16.1. The number of aromatic nitrogens is 2. The van der Waals surface area contributed by atoms with Gasteiger partial charge in [-0.3, -0.25) is 0 Å². The fourth-order valence-corrected chi connectivity index (χ4v) is 3.05. The number of hydrogen-bond donors (Lipinski definition) is 0. The molecule has 0 aliphatic carbocycles. The lowest BCUT2D eigenvalue weighted by Gasteiger charge is -2.31. The van der Waals surface area contributed by atoms with Crippen molar-refractivity contribution in [3.8, 4) is 0 Å². The monoisotopic (exact) mass is 409 g/mol. The van der Waals surface area contributed by atoms with Crippen molar-refractivity contribution < 1.29 is 9.13 Å². The number of ether oxygens (including phenoxy) is 1. The number of imidazole rings is 1. The molecule has 0 N–H and O–H groups in total. The molecule has 20 heavy (non-hydrogen) atoms. The predicted molar refractivity (Wildman–Crippen MR) is 85.6 cm³/mol. The van der Waals surface area contributed by atoms with Gasteiger partial charge in [0, 0.05) is 18.4 Å². The Morgan fingerprint density at radius 1 is 1.35 bits per heavy atom. The standard InChI is InChI=1S/C13H14ClFIN3O/c14-2-1-13-17-11-8-10(16)9(15)7-12(11)19(13)18-3-5-20-6-4-18/h7-8H,1-6H2. The van der Waals surface area contributed by atoms with E-state index in [1.807, 2.05) is 27.3 Å². The Bertz CT molecular complexity index is 628. The van der Waals surface area contributed by atoms with Gasteiger partial charge in [-0.25, -0.2) is 14.1 Å². The fourth-order valence-electron chi connectivity index (χ4n) is 2.43. The van der Waals surface area contributed by atoms with Crippen LogP contribution in [0.25, 0.3) is 11.0 Å². The molecule has 0 amide bonds. The van der Waals surface area contributed by atoms with Gasteiger partial charge in [-0.15, -0.1) is 11.6 Å². The summed E-state index contributed by atoms with van der Waals surface area (Å²) in [6.45, 7) is 2.89. The second kappa shape index (κ2) is 6.03. The number of halogens is 3. The number of fused-ring (bicyclic) bond motifs is 1. The SMILES string of the molecule is Fc1cc2c(cc1I)nc(CCCl)n2N1CCOCC1. The zero-order valence-electron chi connectivity index (χ0n) is 10.8. The second-order valence-electron chi connectivity index (χ2n) is 4.60. The van der Waals surface area contributed by atoms with Crippen molar-refractivity contribution in [1.82, 2.24) is 9.66 Å². The summed E-state index contributed by atoms with van der Waals surface area (Å²) in [5, 5.41) is 2.15. The molecule has 0 atom stereocenters. The van der Waals surface area contributed by atoms with Crippen LogP contribution in [-0.2, 0) is 11.2 Å². The van der Waals surface area contributed by atoms with Crippen LogP contribution in [0.2, 0.25) is 0 Å². The van der Waals surface area contributed by atoms with Gasteiger partial charge in [0.1, 0.15) is 11.6 Å². The van der Waals surface area contributed by atoms with Crippen LogP contribution in [0, 0.1) is 9.39 Å². The highest BCUT2D eigenvalue weighted by Crippen LogP contribution is 2.23. The zero-order chi connectivity index (χ0) is 14.1. The van der Waals surface area contributed by atoms with Crippen molar-refractivity contribution in [2.24, 2.45) is 0 Å². The van der Waals surface area contributed by atoms with E-state index in [1.54, 1.807) is 12.1 Å². The Labute approximate surface area is 135 Å². The summed E-state index contributed by atoms with van der Waals surface area (Å²) >= 11 is 7.85. The lowest BCUT2D eigenvalue weighted by Crippen LogP contribution is -2.44. The van der Waals surface area contributed by atoms with E-state index in [2.05, 4.69) is 9.99 Å². The van der Waals surface area contributed by atoms with Crippen LogP contribution in [-0.4, -0.2) is 41.8 Å². The third-order valence-corrected chi connectivity index (χ3v) is 4.34. The molecule has 108 valence electrons. The lowest BCUT2D eigenvalue weighted by atomic mass is 10.3. The topological polar surface area (TPSA) is 30.3 Å². The number of aryl methyl sites for hydroxylation is 1. The van der Waals surface area contributed by atoms with Crippen LogP contribution in [0.5, 0.6) is 0 Å². The highest BCUT2D eigenvalue weighted by molar-refractivity contribution is 14.1. The summed E-state index contributed by atoms with van der Waals surface area (Å²) in [5.74, 6) is 1.15. The first-order valence-electron chi connectivity index (χ1n) is 6.46. The number of benzene rings is 1. The van der Waals surface area contributed by atoms with E-state index in [1.165, 1.54) is 0 Å². The zero-order valence-corrected chi connectivity index (χ0v) is 13.7. The van der Waals surface area contributed by atoms with Gasteiger partial charge in [-0.2, -0.15) is 0 Å². The fraction of sp³-hybridized carbons (Fsp3) is 0.462. The molecule has 4 nitrogen and oxygen atoms in total. The third-order valence-electron chi connectivity index (χ3n) is 3.33. The highest BCUT2D eigenvalue weighted by Gasteiger charge is 2.19. The smallest absolute Gasteiger partial charge is 0.138 e. The van der Waals surface area contributed by atoms with E-state index < -0.39 is 0 Å². The number of rotatable bonds is 3. The molecule has 1 aromatic heterocycles. The largest absolute Gasteiger partial charge is 0.378 e. The molecule has 7 heteroatoms. The summed E-state index contributed by atoms with van der Waals surface area (Å²) in [6.07, 6.45) is 0.659. The minimum absolute atomic E-state index is 0.218. The van der Waals surface area contributed by atoms with Crippen molar-refractivity contribution in [1.29, 1.82) is 0 Å². The Hall–Kier alpha value is -0.600. The summed E-state index contributed by atoms with van der Waals surface area (Å²) in [6, 6.07) is 3.33. The molecule has 1 aromatic carbocycles. The Balaban J connectivity index is 2.14. The van der Waals surface area contributed by atoms with Crippen LogP contribution in [0.4, 0.5) is 4.39 Å². The van der Waals surface area contributed by atoms with Gasteiger partial charge in [0.2, 0.25) is 0 Å². The third kappa shape index (κ3) is 2.60. The molecule has 0 spiro atoms. The molecule has 2 aromatic rings. The average Bonchev–Trinajstić information content (AvgIpc) is 2.78. The molecular formula is C13H14ClFIN3O. The number of nitrogens with zero attached hydrogens (tertiary/aromatic N) is 3. The number of alkyl halides is 1. The Kier molecular flexibility index (Phi) is 4.32. The predicted octanol–water partition coefficient (Wildman–Crippen LogP) is 2.53. The first-order chi connectivity index (χ1) is 9.70. The van der Waals surface area contributed by atoms with Gasteiger partial charge in [-0.05, 0) is 28.7 Å². The molecule has 1 aliphatic rings. The first kappa shape index (κ1) is 14.3. The maximum Gasteiger partial charge on any atom is 0.138 e. The van der Waals surface area contributed by atoms with Gasteiger partial charge < -0.3 is 9.75 Å². The Morgan fingerprint density at radius 3 is 2.80 bits per heavy atom. The summed E-state index contributed by atoms with van der Waals surface area (Å²) in [4.78, 5) is 4.60. The molecule has 0 saturated carbocycles. The minimum atomic E-state index is -0.218. The molecule has 1 fully saturated rings. The van der Waals surface area contributed by atoms with Gasteiger partial charge >= 0.3 is 0 Å². The molecule has 2 heterocycles. The van der Waals surface area contributed by atoms with Crippen molar-refractivity contribution >= 4 is 45.2 Å². The van der Waals surface area contributed by atoms with E-state index in [4.69, 9.17) is 16.3 Å². The maximum absolute atomic E-state index is 13.9. The molecule has 0 bridgehead atoms. The van der Waals surface area contributed by atoms with Crippen LogP contribution < -0.4 is 5.01 Å². The Morgan fingerprint density at radius 2 is 2.10 bits per heavy atom. The lowest BCUT2D eigenvalue weighted by molar-refractivity contribution is 0.111. The van der Waals surface area contributed by atoms with E-state index >= 15 is 0 Å². The van der Waals surface area contributed by atoms with Crippen molar-refractivity contribution in [3.63, 3.8) is 0 Å². The molecule has 1 aliphatic heterocycles. The minimum Gasteiger partial charge on any atom is -0.378 e. The van der Waals surface area contributed by atoms with Crippen LogP contribution >= 0.6 is 34.2 Å². The maximum atomic E-state index is 13.9.